The molecule has 2 amide bonds. The van der Waals surface area contributed by atoms with Crippen molar-refractivity contribution in [3.8, 4) is 0 Å². The Morgan fingerprint density at radius 1 is 0.938 bits per heavy atom. The van der Waals surface area contributed by atoms with Crippen LogP contribution in [0.1, 0.15) is 28.4 Å². The van der Waals surface area contributed by atoms with E-state index in [2.05, 4.69) is 5.32 Å². The van der Waals surface area contributed by atoms with Gasteiger partial charge in [-0.3, -0.25) is 9.59 Å². The molecule has 0 aromatic heterocycles. The average Bonchev–Trinajstić information content (AvgIpc) is 3.14. The second-order valence-electron chi connectivity index (χ2n) is 7.78. The summed E-state index contributed by atoms with van der Waals surface area (Å²) in [6.45, 7) is 1.60. The molecule has 6 heteroatoms. The minimum absolute atomic E-state index is 0.00293. The van der Waals surface area contributed by atoms with Crippen LogP contribution < -0.4 is 10.2 Å². The van der Waals surface area contributed by atoms with Crippen LogP contribution in [0.4, 0.5) is 11.4 Å². The molecule has 0 unspecified atom stereocenters. The molecule has 32 heavy (non-hydrogen) atoms. The lowest BCUT2D eigenvalue weighted by Crippen LogP contribution is -2.38. The number of ether oxygens (including phenoxy) is 1. The summed E-state index contributed by atoms with van der Waals surface area (Å²) >= 11 is 0. The zero-order valence-electron chi connectivity index (χ0n) is 17.8. The lowest BCUT2D eigenvalue weighted by atomic mass is 10.1. The van der Waals surface area contributed by atoms with Crippen molar-refractivity contribution < 1.29 is 19.1 Å². The third-order valence-electron chi connectivity index (χ3n) is 5.43. The van der Waals surface area contributed by atoms with Crippen molar-refractivity contribution >= 4 is 29.2 Å². The molecule has 1 heterocycles. The molecule has 3 aromatic carbocycles. The highest BCUT2D eigenvalue weighted by Gasteiger charge is 2.31. The molecule has 4 rings (SSSR count). The van der Waals surface area contributed by atoms with Crippen molar-refractivity contribution in [2.24, 2.45) is 0 Å². The molecule has 1 atom stereocenters. The van der Waals surface area contributed by atoms with Gasteiger partial charge in [0, 0.05) is 11.7 Å². The fourth-order valence-corrected chi connectivity index (χ4v) is 3.97. The molecule has 0 saturated carbocycles. The van der Waals surface area contributed by atoms with E-state index in [0.717, 1.165) is 23.2 Å². The van der Waals surface area contributed by atoms with Crippen LogP contribution in [0, 0.1) is 0 Å². The monoisotopic (exact) mass is 428 g/mol. The van der Waals surface area contributed by atoms with E-state index in [1.54, 1.807) is 29.2 Å². The number of fused-ring (bicyclic) bond motifs is 1. The Kier molecular flexibility index (Phi) is 6.31. The molecule has 0 radical (unpaired) electrons. The zero-order valence-corrected chi connectivity index (χ0v) is 17.8. The Morgan fingerprint density at radius 3 is 2.44 bits per heavy atom. The van der Waals surface area contributed by atoms with E-state index >= 15 is 0 Å². The number of carbonyl (C=O) groups excluding carboxylic acids is 3. The van der Waals surface area contributed by atoms with Gasteiger partial charge < -0.3 is 15.0 Å². The van der Waals surface area contributed by atoms with Gasteiger partial charge in [0.2, 0.25) is 5.91 Å². The van der Waals surface area contributed by atoms with Crippen LogP contribution in [0.3, 0.4) is 0 Å². The summed E-state index contributed by atoms with van der Waals surface area (Å²) in [5.74, 6) is -1.18. The maximum Gasteiger partial charge on any atom is 0.340 e. The van der Waals surface area contributed by atoms with E-state index < -0.39 is 5.97 Å². The zero-order chi connectivity index (χ0) is 22.5. The summed E-state index contributed by atoms with van der Waals surface area (Å²) < 4.78 is 5.32. The van der Waals surface area contributed by atoms with Gasteiger partial charge in [0.1, 0.15) is 0 Å². The van der Waals surface area contributed by atoms with Crippen LogP contribution in [0.2, 0.25) is 0 Å². The van der Waals surface area contributed by atoms with E-state index in [0.29, 0.717) is 5.69 Å². The molecule has 0 fully saturated rings. The maximum absolute atomic E-state index is 12.8. The fourth-order valence-electron chi connectivity index (χ4n) is 3.97. The number of rotatable bonds is 6. The molecular formula is C26H24N2O4. The van der Waals surface area contributed by atoms with E-state index in [-0.39, 0.29) is 36.4 Å². The quantitative estimate of drug-likeness (QED) is 0.602. The minimum Gasteiger partial charge on any atom is -0.452 e. The molecule has 0 saturated heterocycles. The Labute approximate surface area is 186 Å². The molecule has 0 bridgehead atoms. The molecular weight excluding hydrogens is 404 g/mol. The van der Waals surface area contributed by atoms with Gasteiger partial charge >= 0.3 is 5.97 Å². The van der Waals surface area contributed by atoms with Gasteiger partial charge in [0.15, 0.2) is 6.61 Å². The van der Waals surface area contributed by atoms with Crippen LogP contribution in [0.15, 0.2) is 78.9 Å². The SMILES string of the molecule is C[C@@H]1Cc2ccccc2N1C(=O)COC(=O)c1ccccc1NC(=O)Cc1ccccc1. The maximum atomic E-state index is 12.8. The summed E-state index contributed by atoms with van der Waals surface area (Å²) in [4.78, 5) is 39.6. The number of hydrogen-bond donors (Lipinski definition) is 1. The highest BCUT2D eigenvalue weighted by Crippen LogP contribution is 2.31. The molecule has 1 aliphatic rings. The summed E-state index contributed by atoms with van der Waals surface area (Å²) in [6.07, 6.45) is 0.959. The lowest BCUT2D eigenvalue weighted by molar-refractivity contribution is -0.122. The molecule has 1 N–H and O–H groups in total. The number of benzene rings is 3. The molecule has 0 aliphatic carbocycles. The highest BCUT2D eigenvalue weighted by molar-refractivity contribution is 6.03. The first kappa shape index (κ1) is 21.3. The molecule has 1 aliphatic heterocycles. The number of carbonyl (C=O) groups is 3. The van der Waals surface area contributed by atoms with Crippen LogP contribution in [0.5, 0.6) is 0 Å². The van der Waals surface area contributed by atoms with Crippen LogP contribution in [-0.2, 0) is 27.2 Å². The average molecular weight is 428 g/mol. The molecule has 6 nitrogen and oxygen atoms in total. The number of anilines is 2. The first-order valence-corrected chi connectivity index (χ1v) is 10.5. The van der Waals surface area contributed by atoms with Crippen molar-refractivity contribution in [3.05, 3.63) is 95.6 Å². The van der Waals surface area contributed by atoms with Crippen molar-refractivity contribution in [1.29, 1.82) is 0 Å². The van der Waals surface area contributed by atoms with Crippen molar-refractivity contribution in [2.45, 2.75) is 25.8 Å². The molecule has 162 valence electrons. The van der Waals surface area contributed by atoms with E-state index in [1.807, 2.05) is 61.5 Å². The predicted molar refractivity (Wildman–Crippen MR) is 123 cm³/mol. The molecule has 0 spiro atoms. The number of nitrogens with zero attached hydrogens (tertiary/aromatic N) is 1. The topological polar surface area (TPSA) is 75.7 Å². The van der Waals surface area contributed by atoms with Crippen molar-refractivity contribution in [2.75, 3.05) is 16.8 Å². The minimum atomic E-state index is -0.658. The standard InChI is InChI=1S/C26H24N2O4/c1-18-15-20-11-5-8-14-23(20)28(18)25(30)17-32-26(31)21-12-6-7-13-22(21)27-24(29)16-19-9-3-2-4-10-19/h2-14,18H,15-17H2,1H3,(H,27,29)/t18-/m1/s1. The van der Waals surface area contributed by atoms with Gasteiger partial charge in [0.05, 0.1) is 17.7 Å². The van der Waals surface area contributed by atoms with Crippen molar-refractivity contribution in [1.82, 2.24) is 0 Å². The third kappa shape index (κ3) is 4.70. The number of para-hydroxylation sites is 2. The number of hydrogen-bond acceptors (Lipinski definition) is 4. The van der Waals surface area contributed by atoms with Crippen LogP contribution in [0.25, 0.3) is 0 Å². The van der Waals surface area contributed by atoms with Crippen molar-refractivity contribution in [3.63, 3.8) is 0 Å². The number of amides is 2. The van der Waals surface area contributed by atoms with Gasteiger partial charge in [-0.2, -0.15) is 0 Å². The number of esters is 1. The fraction of sp³-hybridized carbons (Fsp3) is 0.192. The predicted octanol–water partition coefficient (Wildman–Crippen LogP) is 4.00. The highest BCUT2D eigenvalue weighted by atomic mass is 16.5. The molecule has 3 aromatic rings. The van der Waals surface area contributed by atoms with E-state index in [1.165, 1.54) is 0 Å². The lowest BCUT2D eigenvalue weighted by Gasteiger charge is -2.22. The van der Waals surface area contributed by atoms with Gasteiger partial charge in [-0.25, -0.2) is 4.79 Å². The second kappa shape index (κ2) is 9.47. The summed E-state index contributed by atoms with van der Waals surface area (Å²) in [5.41, 5.74) is 3.39. The normalized spacial score (nSPS) is 14.5. The van der Waals surface area contributed by atoms with Gasteiger partial charge in [-0.15, -0.1) is 0 Å². The number of nitrogens with one attached hydrogen (secondary N) is 1. The Balaban J connectivity index is 1.40. The second-order valence-corrected chi connectivity index (χ2v) is 7.78. The van der Waals surface area contributed by atoms with Gasteiger partial charge in [-0.05, 0) is 42.7 Å². The van der Waals surface area contributed by atoms with E-state index in [4.69, 9.17) is 4.74 Å². The Morgan fingerprint density at radius 2 is 1.62 bits per heavy atom. The summed E-state index contributed by atoms with van der Waals surface area (Å²) in [5, 5.41) is 2.77. The summed E-state index contributed by atoms with van der Waals surface area (Å²) in [6, 6.07) is 23.7. The largest absolute Gasteiger partial charge is 0.452 e. The Hall–Kier alpha value is -3.93. The van der Waals surface area contributed by atoms with Gasteiger partial charge in [-0.1, -0.05) is 60.7 Å². The van der Waals surface area contributed by atoms with Gasteiger partial charge in [0.25, 0.3) is 5.91 Å². The Bertz CT molecular complexity index is 1140. The third-order valence-corrected chi connectivity index (χ3v) is 5.43. The smallest absolute Gasteiger partial charge is 0.340 e. The first-order valence-electron chi connectivity index (χ1n) is 10.5. The summed E-state index contributed by atoms with van der Waals surface area (Å²) in [7, 11) is 0. The van der Waals surface area contributed by atoms with E-state index in [9.17, 15) is 14.4 Å². The van der Waals surface area contributed by atoms with Crippen LogP contribution >= 0.6 is 0 Å². The van der Waals surface area contributed by atoms with Crippen LogP contribution in [-0.4, -0.2) is 30.4 Å². The first-order chi connectivity index (χ1) is 15.5.